The van der Waals surface area contributed by atoms with Crippen molar-refractivity contribution in [2.75, 3.05) is 43.4 Å². The van der Waals surface area contributed by atoms with Gasteiger partial charge in [-0.05, 0) is 81.4 Å². The molecule has 1 fully saturated rings. The van der Waals surface area contributed by atoms with Crippen LogP contribution in [0.2, 0.25) is 0 Å². The summed E-state index contributed by atoms with van der Waals surface area (Å²) >= 11 is 0. The summed E-state index contributed by atoms with van der Waals surface area (Å²) in [5.74, 6) is -0.168. The van der Waals surface area contributed by atoms with Crippen molar-refractivity contribution in [1.82, 2.24) is 25.0 Å². The second-order valence-electron chi connectivity index (χ2n) is 9.18. The SMILES string of the molecule is CN(C(=O)Nc1ccc(-n2nc(C(=O)NCCCN3CCCC3)c3ccccc32)cc1)c1cccnc1. The molecule has 9 heteroatoms. The first-order chi connectivity index (χ1) is 18.1. The van der Waals surface area contributed by atoms with Crippen LogP contribution in [0, 0.1) is 0 Å². The van der Waals surface area contributed by atoms with Crippen LogP contribution in [0.1, 0.15) is 29.8 Å². The predicted octanol–water partition coefficient (Wildman–Crippen LogP) is 4.30. The van der Waals surface area contributed by atoms with Crippen LogP contribution in [0.4, 0.5) is 16.2 Å². The number of aromatic nitrogens is 3. The monoisotopic (exact) mass is 497 g/mol. The summed E-state index contributed by atoms with van der Waals surface area (Å²) < 4.78 is 1.77. The molecule has 2 aromatic heterocycles. The maximum atomic E-state index is 13.0. The minimum atomic E-state index is -0.269. The minimum Gasteiger partial charge on any atom is -0.351 e. The van der Waals surface area contributed by atoms with Crippen molar-refractivity contribution in [3.63, 3.8) is 0 Å². The van der Waals surface area contributed by atoms with Crippen LogP contribution in [0.15, 0.2) is 73.1 Å². The summed E-state index contributed by atoms with van der Waals surface area (Å²) in [4.78, 5) is 33.6. The third-order valence-electron chi connectivity index (χ3n) is 6.64. The third kappa shape index (κ3) is 5.62. The first-order valence-electron chi connectivity index (χ1n) is 12.6. The zero-order valence-electron chi connectivity index (χ0n) is 20.9. The molecule has 1 aliphatic heterocycles. The van der Waals surface area contributed by atoms with Gasteiger partial charge < -0.3 is 15.5 Å². The molecular formula is C28H31N7O2. The van der Waals surface area contributed by atoms with Crippen LogP contribution in [0.25, 0.3) is 16.6 Å². The molecule has 0 saturated carbocycles. The maximum Gasteiger partial charge on any atom is 0.326 e. The van der Waals surface area contributed by atoms with Crippen LogP contribution >= 0.6 is 0 Å². The number of likely N-dealkylation sites (tertiary alicyclic amines) is 1. The van der Waals surface area contributed by atoms with E-state index < -0.39 is 0 Å². The second kappa shape index (κ2) is 11.2. The number of nitrogens with one attached hydrogen (secondary N) is 2. The molecule has 0 bridgehead atoms. The number of urea groups is 1. The zero-order chi connectivity index (χ0) is 25.6. The van der Waals surface area contributed by atoms with Crippen molar-refractivity contribution in [2.24, 2.45) is 0 Å². The fraction of sp³-hybridized carbons (Fsp3) is 0.286. The van der Waals surface area contributed by atoms with E-state index in [0.29, 0.717) is 23.6 Å². The molecule has 37 heavy (non-hydrogen) atoms. The Morgan fingerprint density at radius 1 is 1.00 bits per heavy atom. The molecule has 4 aromatic rings. The average molecular weight is 498 g/mol. The van der Waals surface area contributed by atoms with Crippen molar-refractivity contribution in [1.29, 1.82) is 0 Å². The van der Waals surface area contributed by atoms with Crippen molar-refractivity contribution < 1.29 is 9.59 Å². The normalized spacial score (nSPS) is 13.5. The van der Waals surface area contributed by atoms with Gasteiger partial charge in [0.2, 0.25) is 0 Å². The van der Waals surface area contributed by atoms with Crippen LogP contribution in [-0.4, -0.2) is 64.8 Å². The van der Waals surface area contributed by atoms with Crippen molar-refractivity contribution in [3.8, 4) is 5.69 Å². The molecule has 9 nitrogen and oxygen atoms in total. The molecule has 190 valence electrons. The lowest BCUT2D eigenvalue weighted by Gasteiger charge is -2.17. The van der Waals surface area contributed by atoms with E-state index in [1.165, 1.54) is 17.7 Å². The minimum absolute atomic E-state index is 0.168. The molecule has 0 unspecified atom stereocenters. The lowest BCUT2D eigenvalue weighted by molar-refractivity contribution is 0.0948. The Bertz CT molecular complexity index is 1360. The standard InChI is InChI=1S/C28H31N7O2/c1-33(23-8-6-15-29-20-23)28(37)31-21-11-13-22(14-12-21)35-25-10-3-2-9-24(25)26(32-35)27(36)30-16-7-19-34-17-4-5-18-34/h2-3,6,8-15,20H,4-5,7,16-19H2,1H3,(H,30,36)(H,31,37). The van der Waals surface area contributed by atoms with Crippen LogP contribution < -0.4 is 15.5 Å². The number of benzene rings is 2. The largest absolute Gasteiger partial charge is 0.351 e. The van der Waals surface area contributed by atoms with E-state index in [0.717, 1.165) is 42.6 Å². The Hall–Kier alpha value is -4.24. The van der Waals surface area contributed by atoms with Gasteiger partial charge in [0, 0.05) is 30.9 Å². The summed E-state index contributed by atoms with van der Waals surface area (Å²) in [7, 11) is 1.69. The Labute approximate surface area is 216 Å². The summed E-state index contributed by atoms with van der Waals surface area (Å²) in [5, 5.41) is 11.4. The molecular weight excluding hydrogens is 466 g/mol. The van der Waals surface area contributed by atoms with E-state index in [-0.39, 0.29) is 11.9 Å². The summed E-state index contributed by atoms with van der Waals surface area (Å²) in [5.41, 5.74) is 3.39. The molecule has 3 heterocycles. The number of rotatable bonds is 8. The number of hydrogen-bond donors (Lipinski definition) is 2. The topological polar surface area (TPSA) is 95.4 Å². The summed E-state index contributed by atoms with van der Waals surface area (Å²) in [6.07, 6.45) is 6.76. The van der Waals surface area contributed by atoms with E-state index in [1.54, 1.807) is 30.2 Å². The Balaban J connectivity index is 1.27. The highest BCUT2D eigenvalue weighted by atomic mass is 16.2. The van der Waals surface area contributed by atoms with E-state index in [2.05, 4.69) is 25.6 Å². The first kappa shape index (κ1) is 24.5. The van der Waals surface area contributed by atoms with Crippen molar-refractivity contribution in [3.05, 3.63) is 78.8 Å². The van der Waals surface area contributed by atoms with Gasteiger partial charge in [0.15, 0.2) is 5.69 Å². The predicted molar refractivity (Wildman–Crippen MR) is 145 cm³/mol. The number of hydrogen-bond acceptors (Lipinski definition) is 5. The van der Waals surface area contributed by atoms with Gasteiger partial charge >= 0.3 is 6.03 Å². The highest BCUT2D eigenvalue weighted by molar-refractivity contribution is 6.05. The van der Waals surface area contributed by atoms with Gasteiger partial charge in [-0.25, -0.2) is 9.48 Å². The number of anilines is 2. The van der Waals surface area contributed by atoms with E-state index >= 15 is 0 Å². The fourth-order valence-electron chi connectivity index (χ4n) is 4.59. The number of pyridine rings is 1. The molecule has 2 N–H and O–H groups in total. The van der Waals surface area contributed by atoms with Crippen molar-refractivity contribution in [2.45, 2.75) is 19.3 Å². The third-order valence-corrected chi connectivity index (χ3v) is 6.64. The molecule has 0 spiro atoms. The highest BCUT2D eigenvalue weighted by Crippen LogP contribution is 2.23. The Morgan fingerprint density at radius 3 is 2.54 bits per heavy atom. The van der Waals surface area contributed by atoms with Crippen LogP contribution in [-0.2, 0) is 0 Å². The number of carbonyl (C=O) groups excluding carboxylic acids is 2. The quantitative estimate of drug-likeness (QED) is 0.354. The van der Waals surface area contributed by atoms with Gasteiger partial charge in [-0.15, -0.1) is 0 Å². The number of fused-ring (bicyclic) bond motifs is 1. The van der Waals surface area contributed by atoms with Gasteiger partial charge in [0.25, 0.3) is 5.91 Å². The Morgan fingerprint density at radius 2 is 1.78 bits per heavy atom. The Kier molecular flexibility index (Phi) is 7.41. The van der Waals surface area contributed by atoms with Gasteiger partial charge in [-0.2, -0.15) is 5.10 Å². The van der Waals surface area contributed by atoms with Gasteiger partial charge in [-0.3, -0.25) is 14.7 Å². The molecule has 2 aromatic carbocycles. The molecule has 5 rings (SSSR count). The van der Waals surface area contributed by atoms with E-state index in [1.807, 2.05) is 54.6 Å². The van der Waals surface area contributed by atoms with E-state index in [4.69, 9.17) is 0 Å². The van der Waals surface area contributed by atoms with Crippen LogP contribution in [0.5, 0.6) is 0 Å². The summed E-state index contributed by atoms with van der Waals surface area (Å²) in [6, 6.07) is 18.4. The molecule has 0 aliphatic carbocycles. The van der Waals surface area contributed by atoms with Gasteiger partial charge in [0.1, 0.15) is 0 Å². The highest BCUT2D eigenvalue weighted by Gasteiger charge is 2.18. The molecule has 0 radical (unpaired) electrons. The van der Waals surface area contributed by atoms with Gasteiger partial charge in [0.05, 0.1) is 23.1 Å². The molecule has 1 saturated heterocycles. The summed E-state index contributed by atoms with van der Waals surface area (Å²) in [6.45, 7) is 3.95. The number of amides is 3. The zero-order valence-corrected chi connectivity index (χ0v) is 20.9. The number of nitrogens with zero attached hydrogens (tertiary/aromatic N) is 5. The number of carbonyl (C=O) groups is 2. The lowest BCUT2D eigenvalue weighted by atomic mass is 10.2. The first-order valence-corrected chi connectivity index (χ1v) is 12.6. The maximum absolute atomic E-state index is 13.0. The van der Waals surface area contributed by atoms with Crippen molar-refractivity contribution >= 4 is 34.2 Å². The molecule has 3 amide bonds. The second-order valence-corrected chi connectivity index (χ2v) is 9.18. The van der Waals surface area contributed by atoms with E-state index in [9.17, 15) is 9.59 Å². The van der Waals surface area contributed by atoms with Crippen LogP contribution in [0.3, 0.4) is 0 Å². The molecule has 1 aliphatic rings. The smallest absolute Gasteiger partial charge is 0.326 e. The average Bonchev–Trinajstić information content (AvgIpc) is 3.60. The molecule has 0 atom stereocenters. The van der Waals surface area contributed by atoms with Gasteiger partial charge in [-0.1, -0.05) is 18.2 Å². The number of para-hydroxylation sites is 1. The lowest BCUT2D eigenvalue weighted by Crippen LogP contribution is -2.31. The fourth-order valence-corrected chi connectivity index (χ4v) is 4.59.